The Bertz CT molecular complexity index is 1270. The van der Waals surface area contributed by atoms with Crippen LogP contribution >= 0.6 is 11.3 Å². The molecule has 4 heteroatoms. The third-order valence-electron chi connectivity index (χ3n) is 5.13. The van der Waals surface area contributed by atoms with E-state index in [2.05, 4.69) is 54.1 Å². The quantitative estimate of drug-likeness (QED) is 0.413. The van der Waals surface area contributed by atoms with Crippen molar-refractivity contribution < 1.29 is 14.0 Å². The molecule has 0 amide bonds. The maximum atomic E-state index is 6.22. The summed E-state index contributed by atoms with van der Waals surface area (Å²) in [5, 5.41) is 1.20. The van der Waals surface area contributed by atoms with Gasteiger partial charge in [0.2, 0.25) is 5.52 Å². The zero-order valence-corrected chi connectivity index (χ0v) is 17.1. The minimum absolute atomic E-state index is 0.832. The highest BCUT2D eigenvalue weighted by atomic mass is 32.1. The van der Waals surface area contributed by atoms with Crippen molar-refractivity contribution >= 4 is 39.0 Å². The Labute approximate surface area is 173 Å². The van der Waals surface area contributed by atoms with Crippen molar-refractivity contribution in [2.24, 2.45) is 7.05 Å². The van der Waals surface area contributed by atoms with E-state index in [0.717, 1.165) is 34.0 Å². The molecule has 4 aromatic rings. The van der Waals surface area contributed by atoms with Crippen LogP contribution in [0.1, 0.15) is 16.1 Å². The lowest BCUT2D eigenvalue weighted by molar-refractivity contribution is -0.642. The van der Waals surface area contributed by atoms with E-state index in [1.807, 2.05) is 42.5 Å². The van der Waals surface area contributed by atoms with Crippen molar-refractivity contribution in [1.82, 2.24) is 0 Å². The molecule has 1 aliphatic rings. The summed E-state index contributed by atoms with van der Waals surface area (Å²) in [5.74, 6) is 2.54. The summed E-state index contributed by atoms with van der Waals surface area (Å²) in [6.45, 7) is 0. The van der Waals surface area contributed by atoms with Gasteiger partial charge in [0.25, 0.3) is 5.01 Å². The summed E-state index contributed by atoms with van der Waals surface area (Å²) in [4.78, 5) is 0. The van der Waals surface area contributed by atoms with Gasteiger partial charge < -0.3 is 9.47 Å². The Balaban J connectivity index is 1.64. The highest BCUT2D eigenvalue weighted by Crippen LogP contribution is 2.38. The fourth-order valence-corrected chi connectivity index (χ4v) is 4.66. The van der Waals surface area contributed by atoms with Crippen LogP contribution in [-0.2, 0) is 7.05 Å². The van der Waals surface area contributed by atoms with Gasteiger partial charge in [-0.1, -0.05) is 41.7 Å². The lowest BCUT2D eigenvalue weighted by Crippen LogP contribution is -2.28. The number of aromatic nitrogens is 1. The Kier molecular flexibility index (Phi) is 4.41. The topological polar surface area (TPSA) is 22.3 Å². The minimum atomic E-state index is 0.832. The largest absolute Gasteiger partial charge is 0.497 e. The van der Waals surface area contributed by atoms with Crippen LogP contribution in [0.25, 0.3) is 27.6 Å². The molecular weight excluding hydrogens is 378 g/mol. The summed E-state index contributed by atoms with van der Waals surface area (Å²) in [5.41, 5.74) is 4.50. The second-order valence-corrected chi connectivity index (χ2v) is 7.96. The number of fused-ring (bicyclic) bond motifs is 2. The molecule has 0 saturated heterocycles. The Morgan fingerprint density at radius 1 is 0.931 bits per heavy atom. The molecule has 0 spiro atoms. The average Bonchev–Trinajstić information content (AvgIpc) is 3.09. The molecule has 0 aliphatic carbocycles. The predicted octanol–water partition coefficient (Wildman–Crippen LogP) is 5.71. The monoisotopic (exact) mass is 398 g/mol. The van der Waals surface area contributed by atoms with E-state index >= 15 is 0 Å². The van der Waals surface area contributed by atoms with Gasteiger partial charge in [0.1, 0.15) is 29.0 Å². The van der Waals surface area contributed by atoms with Crippen LogP contribution in [0.2, 0.25) is 0 Å². The maximum absolute atomic E-state index is 6.22. The normalized spacial score (nSPS) is 14.4. The Hall–Kier alpha value is -3.37. The van der Waals surface area contributed by atoms with Gasteiger partial charge in [0, 0.05) is 23.3 Å². The standard InChI is InChI=1S/C25H20NO2S/c1-26-21-8-4-6-10-24(21)29-25(26)16-18-15-23(17-11-13-19(27-2)14-12-17)28-22-9-5-3-7-20(18)22/h3-16H,1-2H3/q+1/b18-16+. The summed E-state index contributed by atoms with van der Waals surface area (Å²) in [6.07, 6.45) is 4.37. The van der Waals surface area contributed by atoms with Crippen LogP contribution in [0.5, 0.6) is 11.5 Å². The second kappa shape index (κ2) is 7.22. The molecule has 0 N–H and O–H groups in total. The van der Waals surface area contributed by atoms with Crippen molar-refractivity contribution in [2.45, 2.75) is 0 Å². The molecule has 1 aliphatic heterocycles. The number of allylic oxidation sites excluding steroid dienone is 2. The number of ether oxygens (including phenoxy) is 2. The van der Waals surface area contributed by atoms with Crippen LogP contribution in [0.15, 0.2) is 78.9 Å². The van der Waals surface area contributed by atoms with Crippen molar-refractivity contribution in [3.63, 3.8) is 0 Å². The van der Waals surface area contributed by atoms with Crippen LogP contribution in [0.3, 0.4) is 0 Å². The third kappa shape index (κ3) is 3.22. The van der Waals surface area contributed by atoms with Crippen molar-refractivity contribution in [2.75, 3.05) is 7.11 Å². The van der Waals surface area contributed by atoms with Gasteiger partial charge in [0.15, 0.2) is 0 Å². The zero-order valence-electron chi connectivity index (χ0n) is 16.3. The molecule has 3 nitrogen and oxygen atoms in total. The van der Waals surface area contributed by atoms with E-state index in [1.54, 1.807) is 18.4 Å². The highest BCUT2D eigenvalue weighted by Gasteiger charge is 2.21. The predicted molar refractivity (Wildman–Crippen MR) is 119 cm³/mol. The van der Waals surface area contributed by atoms with E-state index in [9.17, 15) is 0 Å². The van der Waals surface area contributed by atoms with E-state index in [0.29, 0.717) is 0 Å². The molecule has 0 bridgehead atoms. The molecule has 3 aromatic carbocycles. The van der Waals surface area contributed by atoms with Gasteiger partial charge in [0.05, 0.1) is 7.11 Å². The Morgan fingerprint density at radius 3 is 2.48 bits per heavy atom. The first kappa shape index (κ1) is 17.7. The number of benzene rings is 3. The molecule has 0 unspecified atom stereocenters. The van der Waals surface area contributed by atoms with Crippen LogP contribution in [-0.4, -0.2) is 7.11 Å². The number of hydrogen-bond acceptors (Lipinski definition) is 3. The number of hydrogen-bond donors (Lipinski definition) is 0. The van der Waals surface area contributed by atoms with Gasteiger partial charge in [-0.15, -0.1) is 0 Å². The van der Waals surface area contributed by atoms with Crippen LogP contribution in [0, 0.1) is 0 Å². The third-order valence-corrected chi connectivity index (χ3v) is 6.30. The second-order valence-electron chi connectivity index (χ2n) is 6.90. The van der Waals surface area contributed by atoms with Crippen molar-refractivity contribution in [1.29, 1.82) is 0 Å². The zero-order chi connectivity index (χ0) is 19.8. The number of methoxy groups -OCH3 is 1. The van der Waals surface area contributed by atoms with Gasteiger partial charge in [-0.25, -0.2) is 0 Å². The maximum Gasteiger partial charge on any atom is 0.263 e. The number of aryl methyl sites for hydroxylation is 1. The molecule has 29 heavy (non-hydrogen) atoms. The molecule has 2 heterocycles. The number of para-hydroxylation sites is 2. The lowest BCUT2D eigenvalue weighted by atomic mass is 9.99. The molecular formula is C25H20NO2S+. The molecule has 5 rings (SSSR count). The van der Waals surface area contributed by atoms with Gasteiger partial charge in [-0.3, -0.25) is 0 Å². The number of rotatable bonds is 3. The molecule has 0 fully saturated rings. The molecule has 0 saturated carbocycles. The van der Waals surface area contributed by atoms with E-state index in [1.165, 1.54) is 15.2 Å². The molecule has 0 radical (unpaired) electrons. The summed E-state index contributed by atoms with van der Waals surface area (Å²) < 4.78 is 15.0. The first-order chi connectivity index (χ1) is 14.2. The molecule has 1 aromatic heterocycles. The van der Waals surface area contributed by atoms with Gasteiger partial charge >= 0.3 is 0 Å². The van der Waals surface area contributed by atoms with E-state index in [4.69, 9.17) is 9.47 Å². The Morgan fingerprint density at radius 2 is 1.69 bits per heavy atom. The average molecular weight is 399 g/mol. The molecule has 142 valence electrons. The van der Waals surface area contributed by atoms with Crippen LogP contribution < -0.4 is 14.0 Å². The summed E-state index contributed by atoms with van der Waals surface area (Å²) >= 11 is 1.79. The van der Waals surface area contributed by atoms with Gasteiger partial charge in [-0.05, 0) is 48.0 Å². The smallest absolute Gasteiger partial charge is 0.263 e. The molecule has 0 atom stereocenters. The SMILES string of the molecule is COc1ccc(C2=C/C(=C\c3sc4ccccc4[n+]3C)c3ccccc3O2)cc1. The van der Waals surface area contributed by atoms with Gasteiger partial charge in [-0.2, -0.15) is 4.57 Å². The number of thiazole rings is 1. The van der Waals surface area contributed by atoms with E-state index in [-0.39, 0.29) is 0 Å². The summed E-state index contributed by atoms with van der Waals surface area (Å²) in [6, 6.07) is 24.6. The van der Waals surface area contributed by atoms with Crippen LogP contribution in [0.4, 0.5) is 0 Å². The van der Waals surface area contributed by atoms with Crippen molar-refractivity contribution in [3.05, 3.63) is 95.0 Å². The number of nitrogens with zero attached hydrogens (tertiary/aromatic N) is 1. The lowest BCUT2D eigenvalue weighted by Gasteiger charge is -2.20. The first-order valence-electron chi connectivity index (χ1n) is 9.45. The minimum Gasteiger partial charge on any atom is -0.497 e. The highest BCUT2D eigenvalue weighted by molar-refractivity contribution is 7.18. The first-order valence-corrected chi connectivity index (χ1v) is 10.3. The fourth-order valence-electron chi connectivity index (χ4n) is 3.56. The fraction of sp³-hybridized carbons (Fsp3) is 0.0800. The summed E-state index contributed by atoms with van der Waals surface area (Å²) in [7, 11) is 3.79. The van der Waals surface area contributed by atoms with Crippen molar-refractivity contribution in [3.8, 4) is 11.5 Å². The van der Waals surface area contributed by atoms with E-state index < -0.39 is 0 Å².